The molecule has 0 spiro atoms. The van der Waals surface area contributed by atoms with Gasteiger partial charge < -0.3 is 19.7 Å². The fraction of sp³-hybridized carbons (Fsp3) is 0.333. The van der Waals surface area contributed by atoms with Gasteiger partial charge in [-0.3, -0.25) is 9.59 Å². The van der Waals surface area contributed by atoms with E-state index in [0.717, 1.165) is 11.3 Å². The summed E-state index contributed by atoms with van der Waals surface area (Å²) in [5.74, 6) is 0.809. The van der Waals surface area contributed by atoms with Crippen molar-refractivity contribution < 1.29 is 19.1 Å². The topological polar surface area (TPSA) is 67.9 Å². The van der Waals surface area contributed by atoms with Crippen LogP contribution in [0.3, 0.4) is 0 Å². The summed E-state index contributed by atoms with van der Waals surface area (Å²) in [5.41, 5.74) is 1.55. The lowest BCUT2D eigenvalue weighted by Crippen LogP contribution is -2.29. The van der Waals surface area contributed by atoms with Crippen molar-refractivity contribution in [2.75, 3.05) is 33.9 Å². The van der Waals surface area contributed by atoms with E-state index in [0.29, 0.717) is 30.9 Å². The Bertz CT molecular complexity index is 774. The molecule has 2 aromatic carbocycles. The third-order valence-corrected chi connectivity index (χ3v) is 3.85. The molecular formula is C21H26N2O4. The third-order valence-electron chi connectivity index (χ3n) is 3.85. The van der Waals surface area contributed by atoms with E-state index in [1.165, 1.54) is 4.90 Å². The molecule has 0 aliphatic carbocycles. The molecule has 0 aromatic heterocycles. The lowest BCUT2D eigenvalue weighted by atomic mass is 10.2. The highest BCUT2D eigenvalue weighted by Gasteiger charge is 2.13. The van der Waals surface area contributed by atoms with E-state index >= 15 is 0 Å². The monoisotopic (exact) mass is 370 g/mol. The summed E-state index contributed by atoms with van der Waals surface area (Å²) in [6, 6.07) is 14.7. The van der Waals surface area contributed by atoms with Gasteiger partial charge in [-0.2, -0.15) is 0 Å². The van der Waals surface area contributed by atoms with Gasteiger partial charge in [0.25, 0.3) is 11.8 Å². The second-order valence-corrected chi connectivity index (χ2v) is 6.35. The van der Waals surface area contributed by atoms with Crippen molar-refractivity contribution in [2.24, 2.45) is 0 Å². The van der Waals surface area contributed by atoms with E-state index < -0.39 is 0 Å². The molecule has 2 amide bonds. The second-order valence-electron chi connectivity index (χ2n) is 6.35. The molecule has 0 fully saturated rings. The Morgan fingerprint density at radius 2 is 1.81 bits per heavy atom. The highest BCUT2D eigenvalue weighted by Crippen LogP contribution is 2.18. The van der Waals surface area contributed by atoms with E-state index in [-0.39, 0.29) is 18.4 Å². The third kappa shape index (κ3) is 6.66. The Balaban J connectivity index is 1.79. The zero-order valence-corrected chi connectivity index (χ0v) is 16.0. The van der Waals surface area contributed by atoms with Gasteiger partial charge in [-0.15, -0.1) is 0 Å². The second kappa shape index (κ2) is 10.2. The first-order valence-electron chi connectivity index (χ1n) is 8.87. The summed E-state index contributed by atoms with van der Waals surface area (Å²) >= 11 is 0. The van der Waals surface area contributed by atoms with Crippen molar-refractivity contribution in [3.05, 3.63) is 59.7 Å². The molecule has 0 unspecified atom stereocenters. The van der Waals surface area contributed by atoms with E-state index in [4.69, 9.17) is 9.47 Å². The van der Waals surface area contributed by atoms with Gasteiger partial charge >= 0.3 is 0 Å². The number of aryl methyl sites for hydroxylation is 1. The fourth-order valence-corrected chi connectivity index (χ4v) is 2.31. The molecule has 2 rings (SSSR count). The summed E-state index contributed by atoms with van der Waals surface area (Å²) in [6.07, 6.45) is 0.682. The normalized spacial score (nSPS) is 10.2. The molecule has 0 saturated heterocycles. The Morgan fingerprint density at radius 3 is 2.56 bits per heavy atom. The number of likely N-dealkylation sites (N-methyl/N-ethyl adjacent to an activating group) is 1. The molecule has 0 heterocycles. The summed E-state index contributed by atoms with van der Waals surface area (Å²) in [5, 5.41) is 2.85. The number of carbonyl (C=O) groups excluding carboxylic acids is 2. The van der Waals surface area contributed by atoms with Crippen molar-refractivity contribution >= 4 is 11.8 Å². The molecule has 0 saturated carbocycles. The first-order chi connectivity index (χ1) is 13.0. The molecule has 27 heavy (non-hydrogen) atoms. The van der Waals surface area contributed by atoms with Crippen LogP contribution >= 0.6 is 0 Å². The summed E-state index contributed by atoms with van der Waals surface area (Å²) in [4.78, 5) is 25.5. The average molecular weight is 370 g/mol. The number of amides is 2. The van der Waals surface area contributed by atoms with Crippen LogP contribution in [0.5, 0.6) is 11.5 Å². The van der Waals surface area contributed by atoms with E-state index in [9.17, 15) is 9.59 Å². The van der Waals surface area contributed by atoms with E-state index in [2.05, 4.69) is 5.32 Å². The Kier molecular flexibility index (Phi) is 7.67. The number of hydrogen-bond acceptors (Lipinski definition) is 4. The van der Waals surface area contributed by atoms with Gasteiger partial charge in [0.05, 0.1) is 12.2 Å². The van der Waals surface area contributed by atoms with Gasteiger partial charge in [-0.1, -0.05) is 24.3 Å². The summed E-state index contributed by atoms with van der Waals surface area (Å²) < 4.78 is 11.2. The van der Waals surface area contributed by atoms with E-state index in [1.54, 1.807) is 38.4 Å². The quantitative estimate of drug-likeness (QED) is 0.689. The molecule has 2 aromatic rings. The van der Waals surface area contributed by atoms with Crippen molar-refractivity contribution in [2.45, 2.75) is 13.3 Å². The molecule has 144 valence electrons. The van der Waals surface area contributed by atoms with Crippen molar-refractivity contribution in [3.8, 4) is 11.5 Å². The lowest BCUT2D eigenvalue weighted by molar-refractivity contribution is -0.130. The molecule has 6 nitrogen and oxygen atoms in total. The van der Waals surface area contributed by atoms with E-state index in [1.807, 2.05) is 31.2 Å². The molecule has 1 N–H and O–H groups in total. The summed E-state index contributed by atoms with van der Waals surface area (Å²) in [6.45, 7) is 2.90. The van der Waals surface area contributed by atoms with Crippen LogP contribution in [0.4, 0.5) is 0 Å². The number of nitrogens with zero attached hydrogens (tertiary/aromatic N) is 1. The lowest BCUT2D eigenvalue weighted by Gasteiger charge is -2.14. The zero-order chi connectivity index (χ0) is 19.6. The van der Waals surface area contributed by atoms with Gasteiger partial charge in [0.1, 0.15) is 11.5 Å². The largest absolute Gasteiger partial charge is 0.494 e. The summed E-state index contributed by atoms with van der Waals surface area (Å²) in [7, 11) is 3.31. The smallest absolute Gasteiger partial charge is 0.259 e. The van der Waals surface area contributed by atoms with Crippen LogP contribution in [0.2, 0.25) is 0 Å². The fourth-order valence-electron chi connectivity index (χ4n) is 2.31. The average Bonchev–Trinajstić information content (AvgIpc) is 2.65. The zero-order valence-electron chi connectivity index (χ0n) is 16.0. The molecule has 0 aliphatic heterocycles. The van der Waals surface area contributed by atoms with Crippen molar-refractivity contribution in [1.82, 2.24) is 10.2 Å². The highest BCUT2D eigenvalue weighted by molar-refractivity contribution is 5.97. The first kappa shape index (κ1) is 20.3. The molecule has 0 bridgehead atoms. The van der Waals surface area contributed by atoms with Crippen LogP contribution in [0.15, 0.2) is 48.5 Å². The van der Waals surface area contributed by atoms with Crippen LogP contribution in [0.25, 0.3) is 0 Å². The Morgan fingerprint density at radius 1 is 1.04 bits per heavy atom. The first-order valence-corrected chi connectivity index (χ1v) is 8.87. The number of benzene rings is 2. The van der Waals surface area contributed by atoms with Crippen molar-refractivity contribution in [1.29, 1.82) is 0 Å². The number of carbonyl (C=O) groups is 2. The molecule has 0 aliphatic rings. The number of ether oxygens (including phenoxy) is 2. The Labute approximate surface area is 160 Å². The molecule has 0 radical (unpaired) electrons. The number of para-hydroxylation sites is 1. The maximum absolute atomic E-state index is 12.4. The Hall–Kier alpha value is -3.02. The highest BCUT2D eigenvalue weighted by atomic mass is 16.5. The SMILES string of the molecule is Cc1cccc(OCCCNC(=O)c2ccccc2OCC(=O)N(C)C)c1. The predicted octanol–water partition coefficient (Wildman–Crippen LogP) is 2.66. The van der Waals surface area contributed by atoms with Crippen LogP contribution < -0.4 is 14.8 Å². The number of nitrogens with one attached hydrogen (secondary N) is 1. The molecular weight excluding hydrogens is 344 g/mol. The van der Waals surface area contributed by atoms with Gasteiger partial charge in [0.15, 0.2) is 6.61 Å². The van der Waals surface area contributed by atoms with Crippen LogP contribution in [0.1, 0.15) is 22.3 Å². The molecule has 0 atom stereocenters. The number of rotatable bonds is 9. The number of hydrogen-bond donors (Lipinski definition) is 1. The van der Waals surface area contributed by atoms with Crippen LogP contribution in [0, 0.1) is 6.92 Å². The van der Waals surface area contributed by atoms with Gasteiger partial charge in [-0.05, 0) is 43.2 Å². The maximum Gasteiger partial charge on any atom is 0.259 e. The van der Waals surface area contributed by atoms with Gasteiger partial charge in [-0.25, -0.2) is 0 Å². The van der Waals surface area contributed by atoms with Crippen molar-refractivity contribution in [3.63, 3.8) is 0 Å². The minimum atomic E-state index is -0.238. The van der Waals surface area contributed by atoms with Crippen LogP contribution in [-0.4, -0.2) is 50.6 Å². The van der Waals surface area contributed by atoms with Gasteiger partial charge in [0, 0.05) is 20.6 Å². The predicted molar refractivity (Wildman–Crippen MR) is 104 cm³/mol. The molecule has 6 heteroatoms. The minimum Gasteiger partial charge on any atom is -0.494 e. The minimum absolute atomic E-state index is 0.109. The van der Waals surface area contributed by atoms with Crippen LogP contribution in [-0.2, 0) is 4.79 Å². The van der Waals surface area contributed by atoms with Gasteiger partial charge in [0.2, 0.25) is 0 Å². The standard InChI is InChI=1S/C21H26N2O4/c1-16-8-6-9-17(14-16)26-13-7-12-22-21(25)18-10-4-5-11-19(18)27-15-20(24)23(2)3/h4-6,8-11,14H,7,12-13,15H2,1-3H3,(H,22,25). The maximum atomic E-state index is 12.4.